The van der Waals surface area contributed by atoms with E-state index in [2.05, 4.69) is 20.7 Å². The summed E-state index contributed by atoms with van der Waals surface area (Å²) in [6.45, 7) is -2.96. The van der Waals surface area contributed by atoms with Gasteiger partial charge in [0.15, 0.2) is 15.8 Å². The average molecular weight is 507 g/mol. The normalized spacial score (nSPS) is 15.6. The molecule has 0 aliphatic carbocycles. The predicted molar refractivity (Wildman–Crippen MR) is 114 cm³/mol. The van der Waals surface area contributed by atoms with E-state index >= 15 is 0 Å². The molecule has 1 heterocycles. The maximum Gasteiger partial charge on any atom is 0.387 e. The van der Waals surface area contributed by atoms with Gasteiger partial charge in [-0.05, 0) is 57.9 Å². The number of thioether (sulfide) groups is 1. The van der Waals surface area contributed by atoms with Crippen LogP contribution in [-0.4, -0.2) is 23.9 Å². The van der Waals surface area contributed by atoms with Gasteiger partial charge in [0.05, 0.1) is 22.7 Å². The molecule has 3 rings (SSSR count). The Labute approximate surface area is 182 Å². The van der Waals surface area contributed by atoms with E-state index in [1.165, 1.54) is 24.1 Å². The molecule has 2 aromatic carbocycles. The van der Waals surface area contributed by atoms with Gasteiger partial charge >= 0.3 is 6.61 Å². The first-order chi connectivity index (χ1) is 13.3. The average Bonchev–Trinajstić information content (AvgIpc) is 2.92. The summed E-state index contributed by atoms with van der Waals surface area (Å²) in [7, 11) is 1.34. The molecule has 28 heavy (non-hydrogen) atoms. The molecular weight excluding hydrogens is 496 g/mol. The van der Waals surface area contributed by atoms with Gasteiger partial charge in [-0.15, -0.1) is 0 Å². The van der Waals surface area contributed by atoms with Crippen molar-refractivity contribution in [2.75, 3.05) is 12.0 Å². The molecule has 0 saturated carbocycles. The topological polar surface area (TPSA) is 38.8 Å². The fourth-order valence-electron chi connectivity index (χ4n) is 2.43. The molecule has 2 aromatic rings. The summed E-state index contributed by atoms with van der Waals surface area (Å²) in [6, 6.07) is 9.49. The lowest BCUT2D eigenvalue weighted by Crippen LogP contribution is -2.27. The summed E-state index contributed by atoms with van der Waals surface area (Å²) < 4.78 is 35.4. The van der Waals surface area contributed by atoms with Crippen LogP contribution in [0, 0.1) is 0 Å². The van der Waals surface area contributed by atoms with E-state index in [1.807, 2.05) is 0 Å². The van der Waals surface area contributed by atoms with Crippen LogP contribution in [0.4, 0.5) is 14.5 Å². The van der Waals surface area contributed by atoms with Gasteiger partial charge in [-0.1, -0.05) is 41.6 Å². The van der Waals surface area contributed by atoms with Crippen LogP contribution in [0.15, 0.2) is 45.8 Å². The number of thiocarbonyl (C=S) groups is 1. The maximum atomic E-state index is 12.8. The summed E-state index contributed by atoms with van der Waals surface area (Å²) in [6.07, 6.45) is 1.61. The molecule has 0 atom stereocenters. The number of methoxy groups -OCH3 is 1. The molecule has 10 heteroatoms. The van der Waals surface area contributed by atoms with Crippen LogP contribution in [0.25, 0.3) is 6.08 Å². The fourth-order valence-corrected chi connectivity index (χ4v) is 4.15. The van der Waals surface area contributed by atoms with Gasteiger partial charge in [0.1, 0.15) is 0 Å². The summed E-state index contributed by atoms with van der Waals surface area (Å²) in [4.78, 5) is 14.6. The Morgan fingerprint density at radius 3 is 2.64 bits per heavy atom. The number of anilines is 1. The lowest BCUT2D eigenvalue weighted by Gasteiger charge is -2.15. The third kappa shape index (κ3) is 4.48. The Balaban J connectivity index is 1.90. The van der Waals surface area contributed by atoms with E-state index < -0.39 is 6.61 Å². The van der Waals surface area contributed by atoms with Crippen molar-refractivity contribution in [3.05, 3.63) is 56.4 Å². The third-order valence-electron chi connectivity index (χ3n) is 3.66. The number of hydrogen-bond acceptors (Lipinski definition) is 5. The molecule has 0 radical (unpaired) electrons. The minimum absolute atomic E-state index is 0.0910. The van der Waals surface area contributed by atoms with E-state index in [4.69, 9.17) is 28.6 Å². The minimum Gasteiger partial charge on any atom is -0.493 e. The Bertz CT molecular complexity index is 987. The van der Waals surface area contributed by atoms with Crippen LogP contribution in [0.5, 0.6) is 11.5 Å². The van der Waals surface area contributed by atoms with Crippen molar-refractivity contribution in [2.45, 2.75) is 6.61 Å². The molecule has 146 valence electrons. The zero-order valence-electron chi connectivity index (χ0n) is 14.1. The van der Waals surface area contributed by atoms with Crippen LogP contribution in [0.1, 0.15) is 5.56 Å². The van der Waals surface area contributed by atoms with Crippen LogP contribution < -0.4 is 14.4 Å². The highest BCUT2D eigenvalue weighted by molar-refractivity contribution is 9.10. The molecule has 1 amide bonds. The van der Waals surface area contributed by atoms with Crippen molar-refractivity contribution in [1.82, 2.24) is 0 Å². The molecule has 0 bridgehead atoms. The molecule has 1 saturated heterocycles. The van der Waals surface area contributed by atoms with Gasteiger partial charge < -0.3 is 9.47 Å². The number of ether oxygens (including phenoxy) is 2. The maximum absolute atomic E-state index is 12.8. The van der Waals surface area contributed by atoms with E-state index in [9.17, 15) is 13.6 Å². The van der Waals surface area contributed by atoms with Crippen molar-refractivity contribution >= 4 is 73.5 Å². The van der Waals surface area contributed by atoms with Gasteiger partial charge in [0.25, 0.3) is 5.91 Å². The van der Waals surface area contributed by atoms with Gasteiger partial charge in [-0.3, -0.25) is 9.69 Å². The van der Waals surface area contributed by atoms with Crippen LogP contribution in [-0.2, 0) is 4.79 Å². The highest BCUT2D eigenvalue weighted by Gasteiger charge is 2.33. The number of benzene rings is 2. The smallest absolute Gasteiger partial charge is 0.387 e. The van der Waals surface area contributed by atoms with Gasteiger partial charge in [-0.25, -0.2) is 0 Å². The largest absolute Gasteiger partial charge is 0.493 e. The van der Waals surface area contributed by atoms with Gasteiger partial charge in [-0.2, -0.15) is 8.78 Å². The van der Waals surface area contributed by atoms with Crippen LogP contribution in [0.2, 0.25) is 5.02 Å². The number of halogens is 4. The Kier molecular flexibility index (Phi) is 6.59. The zero-order valence-corrected chi connectivity index (χ0v) is 18.1. The van der Waals surface area contributed by atoms with E-state index in [-0.39, 0.29) is 17.4 Å². The van der Waals surface area contributed by atoms with Crippen molar-refractivity contribution in [1.29, 1.82) is 0 Å². The highest BCUT2D eigenvalue weighted by Crippen LogP contribution is 2.39. The number of alkyl halides is 2. The summed E-state index contributed by atoms with van der Waals surface area (Å²) in [5.41, 5.74) is 1.13. The standard InChI is InChI=1S/C18H11BrClF2NO3S2/c1-25-14-6-9(2-5-13(14)26-17(21)22)7-15-16(24)23(18(27)28-15)10-3-4-11(19)12(20)8-10/h2-8,17H,1H3/b15-7-. The lowest BCUT2D eigenvalue weighted by atomic mass is 10.2. The molecule has 1 aliphatic rings. The predicted octanol–water partition coefficient (Wildman–Crippen LogP) is 6.12. The van der Waals surface area contributed by atoms with E-state index in [1.54, 1.807) is 30.3 Å². The quantitative estimate of drug-likeness (QED) is 0.361. The number of amides is 1. The number of rotatable bonds is 5. The molecule has 0 aromatic heterocycles. The Morgan fingerprint density at radius 2 is 2.00 bits per heavy atom. The summed E-state index contributed by atoms with van der Waals surface area (Å²) in [5.74, 6) is -0.267. The second-order valence-electron chi connectivity index (χ2n) is 5.40. The number of hydrogen-bond donors (Lipinski definition) is 0. The monoisotopic (exact) mass is 505 g/mol. The Hall–Kier alpha value is -1.68. The number of carbonyl (C=O) groups excluding carboxylic acids is 1. The summed E-state index contributed by atoms with van der Waals surface area (Å²) in [5, 5.41) is 0.454. The third-order valence-corrected chi connectivity index (χ3v) is 6.19. The second kappa shape index (κ2) is 8.77. The molecule has 4 nitrogen and oxygen atoms in total. The van der Waals surface area contributed by atoms with Crippen molar-refractivity contribution in [3.63, 3.8) is 0 Å². The van der Waals surface area contributed by atoms with Gasteiger partial charge in [0, 0.05) is 4.47 Å². The molecule has 1 fully saturated rings. The lowest BCUT2D eigenvalue weighted by molar-refractivity contribution is -0.113. The van der Waals surface area contributed by atoms with Crippen molar-refractivity contribution < 1.29 is 23.0 Å². The van der Waals surface area contributed by atoms with Crippen LogP contribution >= 0.6 is 51.5 Å². The molecule has 0 N–H and O–H groups in total. The molecule has 0 unspecified atom stereocenters. The minimum atomic E-state index is -2.96. The fraction of sp³-hybridized carbons (Fsp3) is 0.111. The first-order valence-corrected chi connectivity index (χ1v) is 10.1. The summed E-state index contributed by atoms with van der Waals surface area (Å²) >= 11 is 15.9. The number of carbonyl (C=O) groups is 1. The van der Waals surface area contributed by atoms with Crippen LogP contribution in [0.3, 0.4) is 0 Å². The molecule has 1 aliphatic heterocycles. The van der Waals surface area contributed by atoms with Crippen molar-refractivity contribution in [3.8, 4) is 11.5 Å². The number of nitrogens with zero attached hydrogens (tertiary/aromatic N) is 1. The van der Waals surface area contributed by atoms with E-state index in [0.717, 1.165) is 11.8 Å². The molecule has 0 spiro atoms. The second-order valence-corrected chi connectivity index (χ2v) is 8.34. The highest BCUT2D eigenvalue weighted by atomic mass is 79.9. The Morgan fingerprint density at radius 1 is 1.25 bits per heavy atom. The van der Waals surface area contributed by atoms with Gasteiger partial charge in [0.2, 0.25) is 0 Å². The van der Waals surface area contributed by atoms with E-state index in [0.29, 0.717) is 30.0 Å². The molecular formula is C18H11BrClF2NO3S2. The first-order valence-electron chi connectivity index (χ1n) is 7.66. The van der Waals surface area contributed by atoms with Crippen molar-refractivity contribution in [2.24, 2.45) is 0 Å². The zero-order chi connectivity index (χ0) is 20.4. The first kappa shape index (κ1) is 21.0. The SMILES string of the molecule is COc1cc(/C=C2\SC(=S)N(c3ccc(Br)c(Cl)c3)C2=O)ccc1OC(F)F.